The van der Waals surface area contributed by atoms with Gasteiger partial charge in [-0.25, -0.2) is 19.0 Å². The molecule has 8 nitrogen and oxygen atoms in total. The van der Waals surface area contributed by atoms with E-state index in [9.17, 15) is 4.39 Å². The number of pyridine rings is 2. The predicted molar refractivity (Wildman–Crippen MR) is 119 cm³/mol. The molecule has 0 radical (unpaired) electrons. The highest BCUT2D eigenvalue weighted by atomic mass is 19.1. The first-order valence-corrected chi connectivity index (χ1v) is 10.4. The Morgan fingerprint density at radius 3 is 2.69 bits per heavy atom. The molecule has 5 rings (SSSR count). The molecule has 3 aromatic heterocycles. The van der Waals surface area contributed by atoms with E-state index in [1.807, 2.05) is 24.3 Å². The number of hydrogen-bond donors (Lipinski definition) is 1. The fourth-order valence-corrected chi connectivity index (χ4v) is 4.03. The number of aromatic nitrogens is 5. The first-order valence-electron chi connectivity index (χ1n) is 10.4. The predicted octanol–water partition coefficient (Wildman–Crippen LogP) is 3.03. The lowest BCUT2D eigenvalue weighted by Crippen LogP contribution is -2.40. The Morgan fingerprint density at radius 2 is 1.94 bits per heavy atom. The van der Waals surface area contributed by atoms with Crippen LogP contribution in [0.5, 0.6) is 0 Å². The summed E-state index contributed by atoms with van der Waals surface area (Å²) >= 11 is 0. The van der Waals surface area contributed by atoms with Crippen molar-refractivity contribution in [2.75, 3.05) is 18.0 Å². The van der Waals surface area contributed by atoms with Crippen LogP contribution in [-0.2, 0) is 7.05 Å². The highest BCUT2D eigenvalue weighted by Gasteiger charge is 2.20. The third-order valence-electron chi connectivity index (χ3n) is 5.86. The molecule has 4 heterocycles. The van der Waals surface area contributed by atoms with Crippen molar-refractivity contribution in [3.05, 3.63) is 54.0 Å². The fourth-order valence-electron chi connectivity index (χ4n) is 4.03. The van der Waals surface area contributed by atoms with E-state index >= 15 is 0 Å². The highest BCUT2D eigenvalue weighted by molar-refractivity contribution is 5.85. The Labute approximate surface area is 184 Å². The van der Waals surface area contributed by atoms with Gasteiger partial charge in [-0.3, -0.25) is 0 Å². The zero-order chi connectivity index (χ0) is 22.2. The van der Waals surface area contributed by atoms with Gasteiger partial charge in [-0.05, 0) is 43.2 Å². The molecular weight excluding hydrogens is 407 g/mol. The number of nitrogens with two attached hydrogens (primary N) is 1. The fraction of sp³-hybridized carbons (Fsp3) is 0.261. The van der Waals surface area contributed by atoms with Crippen LogP contribution in [0.4, 0.5) is 10.2 Å². The van der Waals surface area contributed by atoms with Crippen LogP contribution in [0.3, 0.4) is 0 Å². The van der Waals surface area contributed by atoms with Gasteiger partial charge in [0.05, 0.1) is 11.3 Å². The zero-order valence-corrected chi connectivity index (χ0v) is 17.5. The molecule has 0 spiro atoms. The van der Waals surface area contributed by atoms with Crippen molar-refractivity contribution in [1.29, 1.82) is 5.26 Å². The maximum Gasteiger partial charge on any atom is 0.178 e. The minimum atomic E-state index is -0.574. The van der Waals surface area contributed by atoms with Crippen molar-refractivity contribution in [3.63, 3.8) is 0 Å². The first kappa shape index (κ1) is 20.0. The Kier molecular flexibility index (Phi) is 4.99. The molecule has 0 unspecified atom stereocenters. The number of fused-ring (bicyclic) bond motifs is 1. The van der Waals surface area contributed by atoms with Gasteiger partial charge in [-0.2, -0.15) is 5.26 Å². The number of nitrogens with zero attached hydrogens (tertiary/aromatic N) is 7. The quantitative estimate of drug-likeness (QED) is 0.534. The molecule has 1 fully saturated rings. The molecule has 2 N–H and O–H groups in total. The van der Waals surface area contributed by atoms with E-state index in [0.717, 1.165) is 42.9 Å². The van der Waals surface area contributed by atoms with Gasteiger partial charge in [0.15, 0.2) is 5.65 Å². The summed E-state index contributed by atoms with van der Waals surface area (Å²) in [5.41, 5.74) is 10.2. The summed E-state index contributed by atoms with van der Waals surface area (Å²) in [5.74, 6) is 0.239. The molecule has 1 aliphatic rings. The summed E-state index contributed by atoms with van der Waals surface area (Å²) in [6.07, 6.45) is 3.54. The van der Waals surface area contributed by atoms with Crippen molar-refractivity contribution >= 4 is 17.0 Å². The molecule has 160 valence electrons. The standard InChI is InChI=1S/C23H21FN8/c1-31-23-20(29-30-31)11-16(13-27-23)18-4-5-21(32-8-6-17(26)7-9-32)28-22(18)14-2-3-15(12-25)19(24)10-14/h2-5,10-11,13,17H,6-9,26H2,1H3. The van der Waals surface area contributed by atoms with Crippen LogP contribution in [0.1, 0.15) is 18.4 Å². The van der Waals surface area contributed by atoms with Crippen LogP contribution < -0.4 is 10.6 Å². The van der Waals surface area contributed by atoms with Gasteiger partial charge in [0.2, 0.25) is 0 Å². The second kappa shape index (κ2) is 7.98. The monoisotopic (exact) mass is 428 g/mol. The SMILES string of the molecule is Cn1nnc2cc(-c3ccc(N4CCC(N)CC4)nc3-c3ccc(C#N)c(F)c3)cnc21. The average Bonchev–Trinajstić information content (AvgIpc) is 3.19. The Balaban J connectivity index is 1.65. The molecule has 32 heavy (non-hydrogen) atoms. The lowest BCUT2D eigenvalue weighted by atomic mass is 9.99. The number of anilines is 1. The molecule has 1 aliphatic heterocycles. The third-order valence-corrected chi connectivity index (χ3v) is 5.86. The summed E-state index contributed by atoms with van der Waals surface area (Å²) in [5, 5.41) is 17.3. The largest absolute Gasteiger partial charge is 0.356 e. The van der Waals surface area contributed by atoms with Crippen molar-refractivity contribution in [2.45, 2.75) is 18.9 Å². The average molecular weight is 428 g/mol. The maximum absolute atomic E-state index is 14.5. The minimum absolute atomic E-state index is 0.000816. The molecule has 4 aromatic rings. The molecule has 0 atom stereocenters. The Hall–Kier alpha value is -3.90. The molecule has 9 heteroatoms. The molecule has 1 saturated heterocycles. The lowest BCUT2D eigenvalue weighted by Gasteiger charge is -2.31. The Bertz CT molecular complexity index is 1350. The number of benzene rings is 1. The van der Waals surface area contributed by atoms with E-state index in [1.165, 1.54) is 12.1 Å². The number of aryl methyl sites for hydroxylation is 1. The van der Waals surface area contributed by atoms with Crippen LogP contribution >= 0.6 is 0 Å². The van der Waals surface area contributed by atoms with E-state index < -0.39 is 5.82 Å². The number of halogens is 1. The van der Waals surface area contributed by atoms with Crippen molar-refractivity contribution in [3.8, 4) is 28.5 Å². The Morgan fingerprint density at radius 1 is 1.12 bits per heavy atom. The number of piperidine rings is 1. The summed E-state index contributed by atoms with van der Waals surface area (Å²) < 4.78 is 16.1. The zero-order valence-electron chi connectivity index (χ0n) is 17.5. The van der Waals surface area contributed by atoms with Crippen molar-refractivity contribution in [1.82, 2.24) is 25.0 Å². The molecule has 0 bridgehead atoms. The molecule has 0 aliphatic carbocycles. The van der Waals surface area contributed by atoms with E-state index in [2.05, 4.69) is 20.2 Å². The van der Waals surface area contributed by atoms with Crippen LogP contribution in [0.2, 0.25) is 0 Å². The third kappa shape index (κ3) is 3.55. The van der Waals surface area contributed by atoms with E-state index in [0.29, 0.717) is 22.4 Å². The van der Waals surface area contributed by atoms with Gasteiger partial charge in [-0.15, -0.1) is 5.10 Å². The van der Waals surface area contributed by atoms with Gasteiger partial charge < -0.3 is 10.6 Å². The van der Waals surface area contributed by atoms with Crippen LogP contribution in [0.15, 0.2) is 42.6 Å². The number of nitriles is 1. The normalized spacial score (nSPS) is 14.6. The second-order valence-corrected chi connectivity index (χ2v) is 7.98. The van der Waals surface area contributed by atoms with Gasteiger partial charge in [0, 0.05) is 49.1 Å². The lowest BCUT2D eigenvalue weighted by molar-refractivity contribution is 0.499. The summed E-state index contributed by atoms with van der Waals surface area (Å²) in [7, 11) is 1.79. The summed E-state index contributed by atoms with van der Waals surface area (Å²) in [6, 6.07) is 12.5. The van der Waals surface area contributed by atoms with E-state index in [4.69, 9.17) is 16.0 Å². The van der Waals surface area contributed by atoms with Gasteiger partial charge >= 0.3 is 0 Å². The van der Waals surface area contributed by atoms with Gasteiger partial charge in [0.25, 0.3) is 0 Å². The van der Waals surface area contributed by atoms with Gasteiger partial charge in [0.1, 0.15) is 23.2 Å². The second-order valence-electron chi connectivity index (χ2n) is 7.98. The molecule has 0 amide bonds. The van der Waals surface area contributed by atoms with Crippen LogP contribution in [-0.4, -0.2) is 44.1 Å². The van der Waals surface area contributed by atoms with Crippen LogP contribution in [0, 0.1) is 17.1 Å². The van der Waals surface area contributed by atoms with Crippen LogP contribution in [0.25, 0.3) is 33.5 Å². The molecule has 1 aromatic carbocycles. The summed E-state index contributed by atoms with van der Waals surface area (Å²) in [6.45, 7) is 1.64. The smallest absolute Gasteiger partial charge is 0.178 e. The molecular formula is C23H21FN8. The number of rotatable bonds is 3. The van der Waals surface area contributed by atoms with E-state index in [-0.39, 0.29) is 11.6 Å². The summed E-state index contributed by atoms with van der Waals surface area (Å²) in [4.78, 5) is 11.6. The molecule has 0 saturated carbocycles. The van der Waals surface area contributed by atoms with Gasteiger partial charge in [-0.1, -0.05) is 11.3 Å². The minimum Gasteiger partial charge on any atom is -0.356 e. The van der Waals surface area contributed by atoms with Crippen molar-refractivity contribution in [2.24, 2.45) is 12.8 Å². The van der Waals surface area contributed by atoms with E-state index in [1.54, 1.807) is 24.0 Å². The first-order chi connectivity index (χ1) is 15.5. The van der Waals surface area contributed by atoms with Crippen molar-refractivity contribution < 1.29 is 4.39 Å². The maximum atomic E-state index is 14.5. The highest BCUT2D eigenvalue weighted by Crippen LogP contribution is 2.34. The topological polar surface area (TPSA) is 110 Å². The number of hydrogen-bond acceptors (Lipinski definition) is 7.